The average molecular weight is 357 g/mol. The lowest BCUT2D eigenvalue weighted by atomic mass is 9.90. The van der Waals surface area contributed by atoms with Crippen LogP contribution in [0.3, 0.4) is 0 Å². The molecule has 2 nitrogen and oxygen atoms in total. The first-order valence-corrected chi connectivity index (χ1v) is 9.53. The summed E-state index contributed by atoms with van der Waals surface area (Å²) in [6.07, 6.45) is 1.03. The molecular weight excluding hydrogens is 330 g/mol. The molecule has 2 heteroatoms. The Morgan fingerprint density at radius 3 is 1.67 bits per heavy atom. The Labute approximate surface area is 162 Å². The molecule has 0 aromatic heterocycles. The smallest absolute Gasteiger partial charge is 0.251 e. The van der Waals surface area contributed by atoms with E-state index in [9.17, 15) is 4.79 Å². The van der Waals surface area contributed by atoms with E-state index in [-0.39, 0.29) is 11.3 Å². The number of hydrogen-bond donors (Lipinski definition) is 1. The number of carbonyl (C=O) groups excluding carboxylic acids is 1. The van der Waals surface area contributed by atoms with E-state index in [1.54, 1.807) is 0 Å². The summed E-state index contributed by atoms with van der Waals surface area (Å²) in [5.41, 5.74) is 5.50. The molecule has 0 saturated carbocycles. The van der Waals surface area contributed by atoms with E-state index < -0.39 is 0 Å². The van der Waals surface area contributed by atoms with E-state index in [0.29, 0.717) is 12.1 Å². The molecule has 27 heavy (non-hydrogen) atoms. The summed E-state index contributed by atoms with van der Waals surface area (Å²) in [5, 5.41) is 3.04. The van der Waals surface area contributed by atoms with Crippen molar-refractivity contribution in [1.82, 2.24) is 5.32 Å². The molecule has 0 saturated heterocycles. The van der Waals surface area contributed by atoms with E-state index >= 15 is 0 Å². The number of nitrogens with one attached hydrogen (secondary N) is 1. The Morgan fingerprint density at radius 2 is 1.19 bits per heavy atom. The highest BCUT2D eigenvalue weighted by atomic mass is 16.1. The fourth-order valence-electron chi connectivity index (χ4n) is 2.85. The van der Waals surface area contributed by atoms with Crippen molar-refractivity contribution >= 4 is 5.91 Å². The van der Waals surface area contributed by atoms with Gasteiger partial charge in [-0.25, -0.2) is 0 Å². The van der Waals surface area contributed by atoms with E-state index in [1.807, 2.05) is 30.3 Å². The zero-order valence-electron chi connectivity index (χ0n) is 16.3. The van der Waals surface area contributed by atoms with E-state index in [0.717, 1.165) is 17.5 Å². The Balaban J connectivity index is 1.69. The molecule has 0 aliphatic carbocycles. The minimum absolute atomic E-state index is 0.0116. The van der Waals surface area contributed by atoms with Gasteiger partial charge in [0.25, 0.3) is 5.91 Å². The first-order chi connectivity index (χ1) is 13.0. The van der Waals surface area contributed by atoms with Gasteiger partial charge in [0.1, 0.15) is 0 Å². The first kappa shape index (κ1) is 18.9. The number of amides is 1. The van der Waals surface area contributed by atoms with Crippen molar-refractivity contribution in [2.24, 2.45) is 5.41 Å². The van der Waals surface area contributed by atoms with Crippen molar-refractivity contribution in [3.63, 3.8) is 0 Å². The fourth-order valence-corrected chi connectivity index (χ4v) is 2.85. The lowest BCUT2D eigenvalue weighted by Crippen LogP contribution is -2.33. The molecule has 0 bridgehead atoms. The fraction of sp³-hybridized carbons (Fsp3) is 0.240. The van der Waals surface area contributed by atoms with Gasteiger partial charge in [-0.2, -0.15) is 0 Å². The van der Waals surface area contributed by atoms with Gasteiger partial charge in [0.2, 0.25) is 0 Å². The van der Waals surface area contributed by atoms with Crippen molar-refractivity contribution in [3.8, 4) is 22.3 Å². The van der Waals surface area contributed by atoms with Crippen LogP contribution in [0.2, 0.25) is 0 Å². The maximum atomic E-state index is 12.3. The van der Waals surface area contributed by atoms with E-state index in [1.165, 1.54) is 11.1 Å². The van der Waals surface area contributed by atoms with Crippen LogP contribution in [0.4, 0.5) is 0 Å². The van der Waals surface area contributed by atoms with Gasteiger partial charge in [-0.3, -0.25) is 4.79 Å². The van der Waals surface area contributed by atoms with Crippen molar-refractivity contribution in [1.29, 1.82) is 0 Å². The third-order valence-electron chi connectivity index (χ3n) is 5.16. The van der Waals surface area contributed by atoms with E-state index in [4.69, 9.17) is 0 Å². The molecule has 1 N–H and O–H groups in total. The molecule has 0 atom stereocenters. The molecule has 0 aliphatic heterocycles. The molecular formula is C25H27NO. The lowest BCUT2D eigenvalue weighted by molar-refractivity contribution is 0.0935. The van der Waals surface area contributed by atoms with Crippen LogP contribution >= 0.6 is 0 Å². The molecule has 0 heterocycles. The molecule has 3 aromatic rings. The maximum absolute atomic E-state index is 12.3. The summed E-state index contributed by atoms with van der Waals surface area (Å²) in [5.74, 6) is -0.0116. The molecule has 1 amide bonds. The van der Waals surface area contributed by atoms with Gasteiger partial charge in [0, 0.05) is 12.1 Å². The highest BCUT2D eigenvalue weighted by Gasteiger charge is 2.16. The Bertz CT molecular complexity index is 878. The van der Waals surface area contributed by atoms with Crippen LogP contribution in [0.1, 0.15) is 37.6 Å². The van der Waals surface area contributed by atoms with Crippen molar-refractivity contribution < 1.29 is 4.79 Å². The van der Waals surface area contributed by atoms with Gasteiger partial charge in [-0.05, 0) is 46.2 Å². The number of benzene rings is 3. The van der Waals surface area contributed by atoms with Crippen LogP contribution in [0, 0.1) is 5.41 Å². The summed E-state index contributed by atoms with van der Waals surface area (Å²) < 4.78 is 0. The summed E-state index contributed by atoms with van der Waals surface area (Å²) in [6.45, 7) is 7.15. The lowest BCUT2D eigenvalue weighted by Gasteiger charge is -2.22. The summed E-state index contributed by atoms with van der Waals surface area (Å²) in [7, 11) is 0. The monoisotopic (exact) mass is 357 g/mol. The van der Waals surface area contributed by atoms with Crippen molar-refractivity contribution in [2.45, 2.75) is 27.2 Å². The van der Waals surface area contributed by atoms with Gasteiger partial charge in [0.15, 0.2) is 0 Å². The van der Waals surface area contributed by atoms with Crippen LogP contribution in [-0.2, 0) is 0 Å². The average Bonchev–Trinajstić information content (AvgIpc) is 2.73. The molecule has 0 fully saturated rings. The second-order valence-electron chi connectivity index (χ2n) is 7.72. The molecule has 0 aliphatic rings. The highest BCUT2D eigenvalue weighted by molar-refractivity contribution is 5.94. The largest absolute Gasteiger partial charge is 0.352 e. The minimum Gasteiger partial charge on any atom is -0.352 e. The third kappa shape index (κ3) is 4.85. The zero-order chi connectivity index (χ0) is 19.3. The predicted molar refractivity (Wildman–Crippen MR) is 114 cm³/mol. The van der Waals surface area contributed by atoms with Crippen molar-refractivity contribution in [3.05, 3.63) is 84.4 Å². The van der Waals surface area contributed by atoms with Gasteiger partial charge in [0.05, 0.1) is 0 Å². The quantitative estimate of drug-likeness (QED) is 0.560. The van der Waals surface area contributed by atoms with E-state index in [2.05, 4.69) is 74.6 Å². The summed E-state index contributed by atoms with van der Waals surface area (Å²) >= 11 is 0. The third-order valence-corrected chi connectivity index (χ3v) is 5.16. The standard InChI is InChI=1S/C25H27NO/c1-4-25(2,3)18-26-24(27)23-16-14-22(15-17-23)21-12-10-20(11-13-21)19-8-6-5-7-9-19/h5-17H,4,18H2,1-3H3,(H,26,27). The zero-order valence-corrected chi connectivity index (χ0v) is 16.3. The molecule has 0 unspecified atom stereocenters. The first-order valence-electron chi connectivity index (χ1n) is 9.53. The Hall–Kier alpha value is -2.87. The van der Waals surface area contributed by atoms with Crippen LogP contribution in [0.15, 0.2) is 78.9 Å². The second kappa shape index (κ2) is 8.22. The minimum atomic E-state index is -0.0116. The van der Waals surface area contributed by atoms with Crippen molar-refractivity contribution in [2.75, 3.05) is 6.54 Å². The molecule has 3 aromatic carbocycles. The SMILES string of the molecule is CCC(C)(C)CNC(=O)c1ccc(-c2ccc(-c3ccccc3)cc2)cc1. The van der Waals surface area contributed by atoms with Crippen LogP contribution < -0.4 is 5.32 Å². The van der Waals surface area contributed by atoms with Gasteiger partial charge >= 0.3 is 0 Å². The molecule has 138 valence electrons. The summed E-state index contributed by atoms with van der Waals surface area (Å²) in [6, 6.07) is 26.7. The normalized spacial score (nSPS) is 11.2. The van der Waals surface area contributed by atoms with Gasteiger partial charge < -0.3 is 5.32 Å². The Morgan fingerprint density at radius 1 is 0.741 bits per heavy atom. The topological polar surface area (TPSA) is 29.1 Å². The maximum Gasteiger partial charge on any atom is 0.251 e. The molecule has 3 rings (SSSR count). The number of rotatable bonds is 6. The second-order valence-corrected chi connectivity index (χ2v) is 7.72. The van der Waals surface area contributed by atoms with Gasteiger partial charge in [-0.15, -0.1) is 0 Å². The summed E-state index contributed by atoms with van der Waals surface area (Å²) in [4.78, 5) is 12.3. The molecule has 0 spiro atoms. The van der Waals surface area contributed by atoms with Gasteiger partial charge in [-0.1, -0.05) is 87.5 Å². The Kier molecular flexibility index (Phi) is 5.75. The number of carbonyl (C=O) groups is 1. The molecule has 0 radical (unpaired) electrons. The van der Waals surface area contributed by atoms with Crippen LogP contribution in [0.25, 0.3) is 22.3 Å². The number of hydrogen-bond acceptors (Lipinski definition) is 1. The highest BCUT2D eigenvalue weighted by Crippen LogP contribution is 2.25. The predicted octanol–water partition coefficient (Wildman–Crippen LogP) is 6.19. The van der Waals surface area contributed by atoms with Crippen LogP contribution in [0.5, 0.6) is 0 Å². The van der Waals surface area contributed by atoms with Crippen LogP contribution in [-0.4, -0.2) is 12.5 Å².